The minimum atomic E-state index is -3.79. The molecule has 0 aromatic heterocycles. The van der Waals surface area contributed by atoms with E-state index in [1.165, 1.54) is 31.3 Å². The van der Waals surface area contributed by atoms with Crippen molar-refractivity contribution in [3.05, 3.63) is 52.5 Å². The van der Waals surface area contributed by atoms with Crippen LogP contribution in [0.4, 0.5) is 5.69 Å². The lowest BCUT2D eigenvalue weighted by Crippen LogP contribution is -2.19. The Labute approximate surface area is 144 Å². The first-order valence-corrected chi connectivity index (χ1v) is 10.2. The van der Waals surface area contributed by atoms with Gasteiger partial charge in [0.1, 0.15) is 0 Å². The van der Waals surface area contributed by atoms with Crippen molar-refractivity contribution in [3.8, 4) is 0 Å². The Morgan fingerprint density at radius 2 is 1.39 bits per heavy atom. The number of anilines is 1. The number of sulfonamides is 2. The van der Waals surface area contributed by atoms with Gasteiger partial charge in [-0.15, -0.1) is 0 Å². The van der Waals surface area contributed by atoms with E-state index in [0.29, 0.717) is 5.69 Å². The lowest BCUT2D eigenvalue weighted by Gasteiger charge is -2.10. The quantitative estimate of drug-likeness (QED) is 0.779. The molecule has 0 aliphatic rings. The van der Waals surface area contributed by atoms with E-state index in [1.54, 1.807) is 18.2 Å². The molecule has 0 radical (unpaired) electrons. The molecule has 0 saturated carbocycles. The van der Waals surface area contributed by atoms with Gasteiger partial charge in [-0.2, -0.15) is 0 Å². The number of benzene rings is 2. The summed E-state index contributed by atoms with van der Waals surface area (Å²) in [6, 6.07) is 10.1. The van der Waals surface area contributed by atoms with Crippen molar-refractivity contribution >= 4 is 41.7 Å². The molecule has 2 N–H and O–H groups in total. The largest absolute Gasteiger partial charge is 0.280 e. The molecule has 0 bridgehead atoms. The van der Waals surface area contributed by atoms with Crippen LogP contribution in [0.5, 0.6) is 0 Å². The maximum Gasteiger partial charge on any atom is 0.261 e. The molecule has 0 fully saturated rings. The van der Waals surface area contributed by atoms with E-state index < -0.39 is 20.0 Å². The van der Waals surface area contributed by atoms with E-state index in [-0.39, 0.29) is 9.79 Å². The van der Waals surface area contributed by atoms with Crippen molar-refractivity contribution in [2.75, 3.05) is 11.8 Å². The van der Waals surface area contributed by atoms with Gasteiger partial charge in [0.25, 0.3) is 10.0 Å². The first-order valence-electron chi connectivity index (χ1n) is 6.48. The van der Waals surface area contributed by atoms with Gasteiger partial charge in [-0.25, -0.2) is 21.6 Å². The minimum absolute atomic E-state index is 0.00145. The van der Waals surface area contributed by atoms with Crippen molar-refractivity contribution < 1.29 is 16.8 Å². The second kappa shape index (κ2) is 6.60. The summed E-state index contributed by atoms with van der Waals surface area (Å²) in [5.74, 6) is 0. The highest BCUT2D eigenvalue weighted by atomic mass is 79.9. The second-order valence-electron chi connectivity index (χ2n) is 4.75. The third-order valence-corrected chi connectivity index (χ3v) is 6.84. The Bertz CT molecular complexity index is 924. The molecule has 2 aromatic carbocycles. The molecule has 6 nitrogen and oxygen atoms in total. The molecule has 0 aliphatic carbocycles. The summed E-state index contributed by atoms with van der Waals surface area (Å²) in [5, 5.41) is 0. The standard InChI is InChI=1S/C14H15BrN2O4S2/c1-10-9-11(3-8-14(10)15)17-23(20,21)13-6-4-12(5-7-13)22(18,19)16-2/h3-9,16-17H,1-2H3. The summed E-state index contributed by atoms with van der Waals surface area (Å²) in [7, 11) is -6.10. The van der Waals surface area contributed by atoms with E-state index in [1.807, 2.05) is 6.92 Å². The molecule has 2 rings (SSSR count). The lowest BCUT2D eigenvalue weighted by molar-refractivity contribution is 0.587. The van der Waals surface area contributed by atoms with Crippen molar-refractivity contribution in [2.24, 2.45) is 0 Å². The van der Waals surface area contributed by atoms with Crippen LogP contribution in [-0.2, 0) is 20.0 Å². The fraction of sp³-hybridized carbons (Fsp3) is 0.143. The highest BCUT2D eigenvalue weighted by Crippen LogP contribution is 2.23. The second-order valence-corrected chi connectivity index (χ2v) is 9.17. The zero-order valence-corrected chi connectivity index (χ0v) is 15.6. The monoisotopic (exact) mass is 418 g/mol. The highest BCUT2D eigenvalue weighted by Gasteiger charge is 2.17. The Kier molecular flexibility index (Phi) is 5.14. The fourth-order valence-electron chi connectivity index (χ4n) is 1.84. The molecular weight excluding hydrogens is 404 g/mol. The van der Waals surface area contributed by atoms with Crippen molar-refractivity contribution in [2.45, 2.75) is 16.7 Å². The summed E-state index contributed by atoms with van der Waals surface area (Å²) < 4.78 is 53.5. The zero-order valence-electron chi connectivity index (χ0n) is 12.4. The molecule has 0 atom stereocenters. The van der Waals surface area contributed by atoms with Crippen LogP contribution in [0.3, 0.4) is 0 Å². The first-order chi connectivity index (χ1) is 10.7. The molecule has 0 heterocycles. The Balaban J connectivity index is 2.31. The number of aryl methyl sites for hydroxylation is 1. The number of nitrogens with one attached hydrogen (secondary N) is 2. The Morgan fingerprint density at radius 3 is 1.87 bits per heavy atom. The van der Waals surface area contributed by atoms with Crippen LogP contribution in [0.1, 0.15) is 5.56 Å². The van der Waals surface area contributed by atoms with E-state index in [4.69, 9.17) is 0 Å². The van der Waals surface area contributed by atoms with Crippen molar-refractivity contribution in [1.29, 1.82) is 0 Å². The summed E-state index contributed by atoms with van der Waals surface area (Å²) in [5.41, 5.74) is 1.32. The normalized spacial score (nSPS) is 12.1. The minimum Gasteiger partial charge on any atom is -0.280 e. The van der Waals surface area contributed by atoms with Gasteiger partial charge in [0.2, 0.25) is 10.0 Å². The van der Waals surface area contributed by atoms with E-state index in [0.717, 1.165) is 10.0 Å². The van der Waals surface area contributed by atoms with Gasteiger partial charge in [0.05, 0.1) is 9.79 Å². The van der Waals surface area contributed by atoms with Gasteiger partial charge < -0.3 is 0 Å². The van der Waals surface area contributed by atoms with Gasteiger partial charge in [0, 0.05) is 10.2 Å². The third-order valence-electron chi connectivity index (χ3n) is 3.12. The molecular formula is C14H15BrN2O4S2. The predicted molar refractivity (Wildman–Crippen MR) is 92.4 cm³/mol. The van der Waals surface area contributed by atoms with Crippen LogP contribution in [0.2, 0.25) is 0 Å². The van der Waals surface area contributed by atoms with Crippen LogP contribution >= 0.6 is 15.9 Å². The molecule has 0 spiro atoms. The highest BCUT2D eigenvalue weighted by molar-refractivity contribution is 9.10. The molecule has 0 saturated heterocycles. The van der Waals surface area contributed by atoms with Crippen LogP contribution in [0.15, 0.2) is 56.7 Å². The van der Waals surface area contributed by atoms with Crippen molar-refractivity contribution in [3.63, 3.8) is 0 Å². The molecule has 9 heteroatoms. The van der Waals surface area contributed by atoms with E-state index in [2.05, 4.69) is 25.4 Å². The number of halogens is 1. The molecule has 2 aromatic rings. The van der Waals surface area contributed by atoms with Gasteiger partial charge in [0.15, 0.2) is 0 Å². The maximum absolute atomic E-state index is 12.3. The first kappa shape index (κ1) is 17.9. The summed E-state index contributed by atoms with van der Waals surface area (Å²) in [6.07, 6.45) is 0. The summed E-state index contributed by atoms with van der Waals surface area (Å²) in [6.45, 7) is 1.85. The molecule has 0 amide bonds. The predicted octanol–water partition coefficient (Wildman–Crippen LogP) is 2.47. The Hall–Kier alpha value is -1.42. The molecule has 23 heavy (non-hydrogen) atoms. The summed E-state index contributed by atoms with van der Waals surface area (Å²) >= 11 is 3.35. The Morgan fingerprint density at radius 1 is 0.870 bits per heavy atom. The average molecular weight is 419 g/mol. The molecule has 0 aliphatic heterocycles. The lowest BCUT2D eigenvalue weighted by atomic mass is 10.2. The van der Waals surface area contributed by atoms with Crippen LogP contribution in [0, 0.1) is 6.92 Å². The van der Waals surface area contributed by atoms with E-state index in [9.17, 15) is 16.8 Å². The summed E-state index contributed by atoms with van der Waals surface area (Å²) in [4.78, 5) is -0.0217. The fourth-order valence-corrected chi connectivity index (χ4v) is 3.86. The van der Waals surface area contributed by atoms with Crippen LogP contribution < -0.4 is 9.44 Å². The van der Waals surface area contributed by atoms with Gasteiger partial charge >= 0.3 is 0 Å². The number of hydrogen-bond donors (Lipinski definition) is 2. The maximum atomic E-state index is 12.3. The van der Waals surface area contributed by atoms with Gasteiger partial charge in [-0.1, -0.05) is 15.9 Å². The zero-order chi connectivity index (χ0) is 17.3. The van der Waals surface area contributed by atoms with Crippen molar-refractivity contribution in [1.82, 2.24) is 4.72 Å². The van der Waals surface area contributed by atoms with Crippen LogP contribution in [0.25, 0.3) is 0 Å². The average Bonchev–Trinajstić information content (AvgIpc) is 2.51. The van der Waals surface area contributed by atoms with Crippen LogP contribution in [-0.4, -0.2) is 23.9 Å². The number of rotatable bonds is 5. The topological polar surface area (TPSA) is 92.3 Å². The van der Waals surface area contributed by atoms with E-state index >= 15 is 0 Å². The van der Waals surface area contributed by atoms with Gasteiger partial charge in [-0.05, 0) is 62.0 Å². The van der Waals surface area contributed by atoms with Gasteiger partial charge in [-0.3, -0.25) is 4.72 Å². The molecule has 124 valence electrons. The SMILES string of the molecule is CNS(=O)(=O)c1ccc(S(=O)(=O)Nc2ccc(Br)c(C)c2)cc1. The number of hydrogen-bond acceptors (Lipinski definition) is 4. The third kappa shape index (κ3) is 4.11. The molecule has 0 unspecified atom stereocenters. The smallest absolute Gasteiger partial charge is 0.261 e.